The Morgan fingerprint density at radius 3 is 1.61 bits per heavy atom. The van der Waals surface area contributed by atoms with Crippen molar-refractivity contribution in [3.8, 4) is 0 Å². The van der Waals surface area contributed by atoms with Crippen molar-refractivity contribution in [1.82, 2.24) is 9.80 Å². The third kappa shape index (κ3) is 4.51. The van der Waals surface area contributed by atoms with Crippen LogP contribution in [0.4, 0.5) is 31.1 Å². The number of halogens is 6. The normalized spacial score (nSPS) is 26.3. The summed E-state index contributed by atoms with van der Waals surface area (Å²) in [6, 6.07) is 0. The number of hydrogen-bond acceptors (Lipinski definition) is 3. The molecule has 0 N–H and O–H groups in total. The molecule has 1 fully saturated rings. The van der Waals surface area contributed by atoms with Crippen molar-refractivity contribution < 1.29 is 35.9 Å². The summed E-state index contributed by atoms with van der Waals surface area (Å²) >= 11 is 0. The lowest BCUT2D eigenvalue weighted by molar-refractivity contribution is -0.309. The van der Waals surface area contributed by atoms with Gasteiger partial charge in [-0.1, -0.05) is 0 Å². The maximum absolute atomic E-state index is 12.7. The first kappa shape index (κ1) is 25.2. The molecule has 1 heterocycles. The smallest absolute Gasteiger partial charge is 0.427 e. The molecule has 142 valence electrons. The summed E-state index contributed by atoms with van der Waals surface area (Å²) in [6.07, 6.45) is -18.7. The van der Waals surface area contributed by atoms with Crippen LogP contribution in [0.15, 0.2) is 0 Å². The van der Waals surface area contributed by atoms with Gasteiger partial charge in [-0.15, -0.1) is 0 Å². The number of hydrogen-bond donors (Lipinski definition) is 0. The Labute approximate surface area is 166 Å². The molecule has 1 saturated heterocycles. The second-order valence-corrected chi connectivity index (χ2v) is 7.42. The number of piperazine rings is 1. The Hall–Kier alpha value is -0.800. The number of carbonyl (C=O) groups excluding carboxylic acids is 1. The van der Waals surface area contributed by atoms with Gasteiger partial charge in [-0.05, 0) is 43.3 Å². The average Bonchev–Trinajstić information content (AvgIpc) is 2.38. The van der Waals surface area contributed by atoms with Crippen molar-refractivity contribution >= 4 is 53.2 Å². The van der Waals surface area contributed by atoms with E-state index >= 15 is 0 Å². The zero-order chi connectivity index (χ0) is 22.7. The largest absolute Gasteiger partial charge is 0.434 e. The molecule has 0 bridgehead atoms. The first-order chi connectivity index (χ1) is 12.1. The van der Waals surface area contributed by atoms with Gasteiger partial charge in [0, 0.05) is 5.54 Å². The fourth-order valence-electron chi connectivity index (χ4n) is 2.93. The van der Waals surface area contributed by atoms with Crippen LogP contribution in [0.1, 0.15) is 20.8 Å². The van der Waals surface area contributed by atoms with Gasteiger partial charge in [0.2, 0.25) is 0 Å². The van der Waals surface area contributed by atoms with Crippen LogP contribution in [0.3, 0.4) is 0 Å². The zero-order valence-electron chi connectivity index (χ0n) is 15.2. The third-order valence-electron chi connectivity index (χ3n) is 4.07. The quantitative estimate of drug-likeness (QED) is 0.463. The van der Waals surface area contributed by atoms with E-state index in [1.54, 1.807) is 20.8 Å². The molecule has 0 aliphatic carbocycles. The molecule has 1 rings (SSSR count). The minimum atomic E-state index is -5.97. The molecule has 1 aliphatic heterocycles. The third-order valence-corrected chi connectivity index (χ3v) is 4.07. The van der Waals surface area contributed by atoms with Gasteiger partial charge in [0.05, 0.1) is 47.1 Å². The number of amides is 1. The van der Waals surface area contributed by atoms with E-state index in [4.69, 9.17) is 47.1 Å². The van der Waals surface area contributed by atoms with Crippen molar-refractivity contribution in [3.05, 3.63) is 0 Å². The van der Waals surface area contributed by atoms with E-state index < -0.39 is 52.6 Å². The molecule has 12 radical (unpaired) electrons. The lowest BCUT2D eigenvalue weighted by atomic mass is 9.40. The van der Waals surface area contributed by atoms with Crippen LogP contribution in [0.25, 0.3) is 0 Å². The van der Waals surface area contributed by atoms with Crippen LogP contribution in [-0.2, 0) is 4.74 Å². The highest BCUT2D eigenvalue weighted by Crippen LogP contribution is 2.40. The summed E-state index contributed by atoms with van der Waals surface area (Å²) < 4.78 is 79.7. The molecular weight excluding hydrogens is 383 g/mol. The molecule has 28 heavy (non-hydrogen) atoms. The highest BCUT2D eigenvalue weighted by Gasteiger charge is 2.62. The van der Waals surface area contributed by atoms with E-state index in [1.165, 1.54) is 0 Å². The predicted octanol–water partition coefficient (Wildman–Crippen LogP) is 0.00310. The Bertz CT molecular complexity index is 595. The molecule has 4 nitrogen and oxygen atoms in total. The van der Waals surface area contributed by atoms with Gasteiger partial charge >= 0.3 is 18.4 Å². The SMILES string of the molecule is [B]C1N(C(C)(C)C)C([B])([B])C([B])N(C(=O)OC(C(F)(F)F)C(F)(F)F)C1([B])[B]. The second kappa shape index (κ2) is 7.16. The van der Waals surface area contributed by atoms with E-state index in [-0.39, 0.29) is 4.90 Å². The minimum absolute atomic E-state index is 0.0373. The second-order valence-electron chi connectivity index (χ2n) is 7.42. The maximum atomic E-state index is 12.7. The molecule has 2 unspecified atom stereocenters. The van der Waals surface area contributed by atoms with Crippen molar-refractivity contribution in [2.45, 2.75) is 67.3 Å². The van der Waals surface area contributed by atoms with Crippen LogP contribution in [-0.4, -0.2) is 110 Å². The molecule has 0 aromatic rings. The molecule has 0 aromatic heterocycles. The summed E-state index contributed by atoms with van der Waals surface area (Å²) in [5, 5.41) is -4.83. The molecular formula is C12H12B6F6N2O2. The highest BCUT2D eigenvalue weighted by atomic mass is 19.4. The molecule has 1 aliphatic rings. The molecule has 0 spiro atoms. The number of carbonyl (C=O) groups is 1. The standard InChI is InChI=1S/C12H12B6F6N2O2/c1-8(2,3)26-6(14)9(15,16)25(5(13)10(26,17)18)7(27)28-4(11(19,20)21)12(22,23)24/h4-6H,1-3H3. The van der Waals surface area contributed by atoms with Gasteiger partial charge in [0.15, 0.2) is 0 Å². The van der Waals surface area contributed by atoms with Crippen LogP contribution in [0.5, 0.6) is 0 Å². The first-order valence-corrected chi connectivity index (χ1v) is 7.66. The van der Waals surface area contributed by atoms with Crippen LogP contribution >= 0.6 is 0 Å². The van der Waals surface area contributed by atoms with E-state index in [2.05, 4.69) is 4.74 Å². The summed E-state index contributed by atoms with van der Waals surface area (Å²) in [7, 11) is 34.9. The number of ether oxygens (including phenoxy) is 1. The minimum Gasteiger partial charge on any atom is -0.427 e. The van der Waals surface area contributed by atoms with Crippen LogP contribution in [0.2, 0.25) is 0 Å². The average molecular weight is 395 g/mol. The van der Waals surface area contributed by atoms with E-state index in [9.17, 15) is 31.1 Å². The highest BCUT2D eigenvalue weighted by molar-refractivity contribution is 6.49. The van der Waals surface area contributed by atoms with Gasteiger partial charge in [-0.3, -0.25) is 0 Å². The Morgan fingerprint density at radius 1 is 0.893 bits per heavy atom. The van der Waals surface area contributed by atoms with Gasteiger partial charge in [0.1, 0.15) is 0 Å². The summed E-state index contributed by atoms with van der Waals surface area (Å²) in [5.41, 5.74) is -0.971. The molecule has 2 atom stereocenters. The lowest BCUT2D eigenvalue weighted by Crippen LogP contribution is -2.84. The zero-order valence-corrected chi connectivity index (χ0v) is 15.2. The van der Waals surface area contributed by atoms with E-state index in [1.807, 2.05) is 0 Å². The molecule has 0 saturated carbocycles. The fraction of sp³-hybridized carbons (Fsp3) is 0.917. The van der Waals surface area contributed by atoms with Gasteiger partial charge in [-0.2, -0.15) is 26.3 Å². The number of nitrogens with zero attached hydrogens (tertiary/aromatic N) is 2. The van der Waals surface area contributed by atoms with Crippen molar-refractivity contribution in [2.75, 3.05) is 0 Å². The van der Waals surface area contributed by atoms with Gasteiger partial charge < -0.3 is 14.5 Å². The summed E-state index contributed by atoms with van der Waals surface area (Å²) in [5.74, 6) is -3.64. The van der Waals surface area contributed by atoms with Crippen molar-refractivity contribution in [1.29, 1.82) is 0 Å². The lowest BCUT2D eigenvalue weighted by Gasteiger charge is -2.68. The molecule has 16 heteroatoms. The van der Waals surface area contributed by atoms with Gasteiger partial charge in [-0.25, -0.2) is 4.79 Å². The summed E-state index contributed by atoms with van der Waals surface area (Å²) in [4.78, 5) is 13.2. The van der Waals surface area contributed by atoms with Gasteiger partial charge in [0.25, 0.3) is 6.10 Å². The number of rotatable bonds is 1. The molecule has 0 aromatic carbocycles. The summed E-state index contributed by atoms with van der Waals surface area (Å²) in [6.45, 7) is 4.67. The van der Waals surface area contributed by atoms with E-state index in [0.717, 1.165) is 4.90 Å². The fourth-order valence-corrected chi connectivity index (χ4v) is 2.93. The number of alkyl halides is 6. The van der Waals surface area contributed by atoms with E-state index in [0.29, 0.717) is 0 Å². The Balaban J connectivity index is 3.39. The Morgan fingerprint density at radius 2 is 1.29 bits per heavy atom. The van der Waals surface area contributed by atoms with Crippen molar-refractivity contribution in [3.63, 3.8) is 0 Å². The topological polar surface area (TPSA) is 32.8 Å². The maximum Gasteiger partial charge on any atom is 0.434 e. The van der Waals surface area contributed by atoms with Crippen LogP contribution < -0.4 is 0 Å². The molecule has 1 amide bonds. The first-order valence-electron chi connectivity index (χ1n) is 7.66. The Kier molecular flexibility index (Phi) is 6.45. The van der Waals surface area contributed by atoms with Crippen molar-refractivity contribution in [2.24, 2.45) is 0 Å². The van der Waals surface area contributed by atoms with Crippen LogP contribution in [0, 0.1) is 0 Å². The monoisotopic (exact) mass is 396 g/mol. The predicted molar refractivity (Wildman–Crippen MR) is 93.4 cm³/mol.